The van der Waals surface area contributed by atoms with E-state index in [1.807, 2.05) is 6.07 Å². The van der Waals surface area contributed by atoms with Crippen LogP contribution in [-0.2, 0) is 28.2 Å². The zero-order valence-corrected chi connectivity index (χ0v) is 16.9. The van der Waals surface area contributed by atoms with Gasteiger partial charge in [0.1, 0.15) is 6.29 Å². The zero-order chi connectivity index (χ0) is 20.7. The highest BCUT2D eigenvalue weighted by atomic mass is 19.4. The summed E-state index contributed by atoms with van der Waals surface area (Å²) in [5.41, 5.74) is 3.74. The summed E-state index contributed by atoms with van der Waals surface area (Å²) in [4.78, 5) is 11.8. The SMILES string of the molecule is CC1(C)CCC(C)(C)c2cc([C@@H](C=O)Cc3ccc(C(F)(F)F)cc3)ccc21. The van der Waals surface area contributed by atoms with E-state index in [1.54, 1.807) is 0 Å². The largest absolute Gasteiger partial charge is 0.416 e. The molecule has 0 aliphatic heterocycles. The number of aldehydes is 1. The average Bonchev–Trinajstić information content (AvgIpc) is 2.63. The number of alkyl halides is 3. The van der Waals surface area contributed by atoms with Crippen molar-refractivity contribution >= 4 is 6.29 Å². The van der Waals surface area contributed by atoms with E-state index < -0.39 is 11.7 Å². The van der Waals surface area contributed by atoms with Crippen molar-refractivity contribution in [3.05, 3.63) is 70.3 Å². The number of fused-ring (bicyclic) bond motifs is 1. The van der Waals surface area contributed by atoms with Gasteiger partial charge in [0.25, 0.3) is 0 Å². The minimum absolute atomic E-state index is 0.0443. The number of halogens is 3. The van der Waals surface area contributed by atoms with Gasteiger partial charge in [-0.15, -0.1) is 0 Å². The Kier molecular flexibility index (Phi) is 5.20. The predicted molar refractivity (Wildman–Crippen MR) is 106 cm³/mol. The molecule has 0 bridgehead atoms. The molecule has 0 amide bonds. The van der Waals surface area contributed by atoms with E-state index in [1.165, 1.54) is 23.3 Å². The van der Waals surface area contributed by atoms with Crippen LogP contribution in [0, 0.1) is 0 Å². The van der Waals surface area contributed by atoms with E-state index in [2.05, 4.69) is 39.8 Å². The molecule has 0 spiro atoms. The summed E-state index contributed by atoms with van der Waals surface area (Å²) in [7, 11) is 0. The standard InChI is InChI=1S/C24H27F3O/c1-22(2)11-12-23(3,4)21-14-17(7-10-20(21)22)18(15-28)13-16-5-8-19(9-6-16)24(25,26)27/h5-10,14-15,18H,11-13H2,1-4H3/t18-/m1/s1. The summed E-state index contributed by atoms with van der Waals surface area (Å²) in [6.07, 6.45) is -0.847. The lowest BCUT2D eigenvalue weighted by Gasteiger charge is -2.42. The fourth-order valence-corrected chi connectivity index (χ4v) is 4.17. The van der Waals surface area contributed by atoms with Gasteiger partial charge >= 0.3 is 6.18 Å². The van der Waals surface area contributed by atoms with Gasteiger partial charge in [-0.25, -0.2) is 0 Å². The second-order valence-electron chi connectivity index (χ2n) is 9.21. The second-order valence-corrected chi connectivity index (χ2v) is 9.21. The van der Waals surface area contributed by atoms with Crippen LogP contribution in [0.5, 0.6) is 0 Å². The number of hydrogen-bond acceptors (Lipinski definition) is 1. The number of carbonyl (C=O) groups excluding carboxylic acids is 1. The predicted octanol–water partition coefficient (Wildman–Crippen LogP) is 6.58. The van der Waals surface area contributed by atoms with Crippen LogP contribution in [0.4, 0.5) is 13.2 Å². The molecular weight excluding hydrogens is 361 g/mol. The van der Waals surface area contributed by atoms with Crippen LogP contribution >= 0.6 is 0 Å². The molecule has 1 nitrogen and oxygen atoms in total. The molecular formula is C24H27F3O. The van der Waals surface area contributed by atoms with Crippen molar-refractivity contribution in [2.45, 2.75) is 69.9 Å². The zero-order valence-electron chi connectivity index (χ0n) is 16.9. The quantitative estimate of drug-likeness (QED) is 0.541. The molecule has 2 aromatic carbocycles. The van der Waals surface area contributed by atoms with Gasteiger partial charge in [-0.2, -0.15) is 13.2 Å². The maximum absolute atomic E-state index is 12.8. The van der Waals surface area contributed by atoms with Gasteiger partial charge in [0.05, 0.1) is 5.56 Å². The summed E-state index contributed by atoms with van der Waals surface area (Å²) in [5.74, 6) is -0.372. The minimum Gasteiger partial charge on any atom is -0.303 e. The van der Waals surface area contributed by atoms with Crippen molar-refractivity contribution in [2.24, 2.45) is 0 Å². The van der Waals surface area contributed by atoms with Gasteiger partial charge in [-0.05, 0) is 64.5 Å². The molecule has 28 heavy (non-hydrogen) atoms. The van der Waals surface area contributed by atoms with Crippen molar-refractivity contribution < 1.29 is 18.0 Å². The molecule has 0 unspecified atom stereocenters. The molecule has 1 aliphatic carbocycles. The van der Waals surface area contributed by atoms with E-state index >= 15 is 0 Å². The van der Waals surface area contributed by atoms with Crippen LogP contribution < -0.4 is 0 Å². The lowest BCUT2D eigenvalue weighted by molar-refractivity contribution is -0.137. The van der Waals surface area contributed by atoms with Gasteiger partial charge in [-0.1, -0.05) is 58.0 Å². The maximum atomic E-state index is 12.8. The Hall–Kier alpha value is -2.10. The van der Waals surface area contributed by atoms with Gasteiger partial charge < -0.3 is 4.79 Å². The Morgan fingerprint density at radius 2 is 1.50 bits per heavy atom. The molecule has 2 aromatic rings. The first-order chi connectivity index (χ1) is 12.9. The highest BCUT2D eigenvalue weighted by Crippen LogP contribution is 2.46. The Bertz CT molecular complexity index is 860. The highest BCUT2D eigenvalue weighted by molar-refractivity contribution is 5.64. The van der Waals surface area contributed by atoms with Crippen molar-refractivity contribution in [1.82, 2.24) is 0 Å². The highest BCUT2D eigenvalue weighted by Gasteiger charge is 2.37. The number of carbonyl (C=O) groups is 1. The molecule has 150 valence electrons. The first-order valence-corrected chi connectivity index (χ1v) is 9.70. The molecule has 0 saturated carbocycles. The molecule has 0 saturated heterocycles. The van der Waals surface area contributed by atoms with Crippen LogP contribution in [0.15, 0.2) is 42.5 Å². The molecule has 0 fully saturated rings. The molecule has 1 aliphatic rings. The number of rotatable bonds is 4. The Balaban J connectivity index is 1.90. The molecule has 0 aromatic heterocycles. The average molecular weight is 388 g/mol. The first-order valence-electron chi connectivity index (χ1n) is 9.70. The van der Waals surface area contributed by atoms with Crippen LogP contribution in [0.25, 0.3) is 0 Å². The van der Waals surface area contributed by atoms with Crippen molar-refractivity contribution in [3.63, 3.8) is 0 Å². The molecule has 0 N–H and O–H groups in total. The smallest absolute Gasteiger partial charge is 0.303 e. The first kappa shape index (κ1) is 20.6. The van der Waals surface area contributed by atoms with Gasteiger partial charge in [0.2, 0.25) is 0 Å². The van der Waals surface area contributed by atoms with Crippen molar-refractivity contribution in [1.29, 1.82) is 0 Å². The summed E-state index contributed by atoms with van der Waals surface area (Å²) in [6.45, 7) is 8.97. The number of hydrogen-bond donors (Lipinski definition) is 0. The van der Waals surface area contributed by atoms with Crippen LogP contribution in [0.3, 0.4) is 0 Å². The van der Waals surface area contributed by atoms with E-state index in [9.17, 15) is 18.0 Å². The van der Waals surface area contributed by atoms with E-state index in [0.717, 1.165) is 42.4 Å². The molecule has 4 heteroatoms. The third-order valence-corrected chi connectivity index (χ3v) is 6.21. The molecule has 0 radical (unpaired) electrons. The normalized spacial score (nSPS) is 19.0. The molecule has 3 rings (SSSR count). The van der Waals surface area contributed by atoms with E-state index in [0.29, 0.717) is 6.42 Å². The third-order valence-electron chi connectivity index (χ3n) is 6.21. The van der Waals surface area contributed by atoms with E-state index in [4.69, 9.17) is 0 Å². The molecule has 1 atom stereocenters. The number of benzene rings is 2. The Labute approximate surface area is 165 Å². The Morgan fingerprint density at radius 3 is 2.04 bits per heavy atom. The van der Waals surface area contributed by atoms with Gasteiger partial charge in [0.15, 0.2) is 0 Å². The minimum atomic E-state index is -4.35. The van der Waals surface area contributed by atoms with Crippen LogP contribution in [0.1, 0.15) is 74.3 Å². The summed E-state index contributed by atoms with van der Waals surface area (Å²) in [5, 5.41) is 0. The maximum Gasteiger partial charge on any atom is 0.416 e. The lowest BCUT2D eigenvalue weighted by Crippen LogP contribution is -2.34. The van der Waals surface area contributed by atoms with Crippen LogP contribution in [0.2, 0.25) is 0 Å². The summed E-state index contributed by atoms with van der Waals surface area (Å²) < 4.78 is 38.3. The lowest BCUT2D eigenvalue weighted by atomic mass is 9.62. The van der Waals surface area contributed by atoms with Crippen molar-refractivity contribution in [3.8, 4) is 0 Å². The van der Waals surface area contributed by atoms with Gasteiger partial charge in [-0.3, -0.25) is 0 Å². The summed E-state index contributed by atoms with van der Waals surface area (Å²) >= 11 is 0. The molecule has 0 heterocycles. The monoisotopic (exact) mass is 388 g/mol. The summed E-state index contributed by atoms with van der Waals surface area (Å²) in [6, 6.07) is 11.4. The van der Waals surface area contributed by atoms with Gasteiger partial charge in [0, 0.05) is 5.92 Å². The van der Waals surface area contributed by atoms with Crippen LogP contribution in [-0.4, -0.2) is 6.29 Å². The fourth-order valence-electron chi connectivity index (χ4n) is 4.17. The Morgan fingerprint density at radius 1 is 0.929 bits per heavy atom. The van der Waals surface area contributed by atoms with Crippen molar-refractivity contribution in [2.75, 3.05) is 0 Å². The second kappa shape index (κ2) is 7.06. The van der Waals surface area contributed by atoms with E-state index in [-0.39, 0.29) is 16.7 Å². The third kappa shape index (κ3) is 4.01. The fraction of sp³-hybridized carbons (Fsp3) is 0.458. The topological polar surface area (TPSA) is 17.1 Å².